The zero-order valence-corrected chi connectivity index (χ0v) is 21.8. The number of nitrogens with zero attached hydrogens (tertiary/aromatic N) is 1. The van der Waals surface area contributed by atoms with Gasteiger partial charge in [-0.05, 0) is 69.5 Å². The average Bonchev–Trinajstić information content (AvgIpc) is 2.88. The van der Waals surface area contributed by atoms with Crippen molar-refractivity contribution >= 4 is 28.3 Å². The van der Waals surface area contributed by atoms with E-state index in [1.54, 1.807) is 36.5 Å². The molecule has 1 aliphatic rings. The molecule has 0 spiro atoms. The van der Waals surface area contributed by atoms with Crippen molar-refractivity contribution in [2.45, 2.75) is 45.6 Å². The van der Waals surface area contributed by atoms with E-state index in [0.29, 0.717) is 46.1 Å². The fraction of sp³-hybridized carbons (Fsp3) is 0.300. The van der Waals surface area contributed by atoms with Crippen LogP contribution in [0.2, 0.25) is 5.02 Å². The van der Waals surface area contributed by atoms with E-state index >= 15 is 0 Å². The third kappa shape index (κ3) is 5.45. The first-order valence-electron chi connectivity index (χ1n) is 12.7. The molecule has 0 amide bonds. The van der Waals surface area contributed by atoms with Crippen LogP contribution in [0.25, 0.3) is 22.0 Å². The number of ketones is 1. The summed E-state index contributed by atoms with van der Waals surface area (Å²) in [4.78, 5) is 33.9. The minimum absolute atomic E-state index is 0.246. The summed E-state index contributed by atoms with van der Waals surface area (Å²) in [5, 5.41) is 4.43. The van der Waals surface area contributed by atoms with Crippen molar-refractivity contribution < 1.29 is 9.53 Å². The molecule has 4 aromatic rings. The SMILES string of the molecule is Cc1cc(C)cc(-c2c(OCCC3CCCCN3)c3cc(C(=O)c4ccccn4)c(Cl)cc3[nH]c2=O)c1. The molecule has 2 N–H and O–H groups in total. The van der Waals surface area contributed by atoms with E-state index in [-0.39, 0.29) is 16.4 Å². The largest absolute Gasteiger partial charge is 0.492 e. The fourth-order valence-electron chi connectivity index (χ4n) is 5.10. The van der Waals surface area contributed by atoms with Gasteiger partial charge in [-0.25, -0.2) is 0 Å². The molecule has 0 bridgehead atoms. The Morgan fingerprint density at radius 1 is 1.11 bits per heavy atom. The number of aromatic nitrogens is 2. The smallest absolute Gasteiger partial charge is 0.260 e. The number of fused-ring (bicyclic) bond motifs is 1. The summed E-state index contributed by atoms with van der Waals surface area (Å²) >= 11 is 6.54. The predicted molar refractivity (Wildman–Crippen MR) is 148 cm³/mol. The molecule has 2 aromatic heterocycles. The summed E-state index contributed by atoms with van der Waals surface area (Å²) < 4.78 is 6.42. The molecule has 0 radical (unpaired) electrons. The van der Waals surface area contributed by atoms with Gasteiger partial charge >= 0.3 is 0 Å². The van der Waals surface area contributed by atoms with Crippen LogP contribution in [0.4, 0.5) is 0 Å². The van der Waals surface area contributed by atoms with Crippen LogP contribution in [0.1, 0.15) is 52.9 Å². The molecule has 1 fully saturated rings. The molecule has 5 rings (SSSR count). The molecule has 3 heterocycles. The maximum atomic E-state index is 13.4. The summed E-state index contributed by atoms with van der Waals surface area (Å²) in [6.07, 6.45) is 5.92. The third-order valence-corrected chi connectivity index (χ3v) is 7.14. The molecule has 2 aromatic carbocycles. The van der Waals surface area contributed by atoms with Crippen molar-refractivity contribution in [3.63, 3.8) is 0 Å². The average molecular weight is 516 g/mol. The first-order chi connectivity index (χ1) is 17.9. The highest BCUT2D eigenvalue weighted by atomic mass is 35.5. The van der Waals surface area contributed by atoms with E-state index in [0.717, 1.165) is 36.1 Å². The third-order valence-electron chi connectivity index (χ3n) is 6.83. The van der Waals surface area contributed by atoms with Crippen LogP contribution in [0.3, 0.4) is 0 Å². The second-order valence-electron chi connectivity index (χ2n) is 9.74. The molecular formula is C30H30ClN3O3. The Hall–Kier alpha value is -3.48. The molecule has 1 saturated heterocycles. The van der Waals surface area contributed by atoms with Gasteiger partial charge in [0.25, 0.3) is 5.56 Å². The van der Waals surface area contributed by atoms with Gasteiger partial charge in [-0.3, -0.25) is 14.6 Å². The lowest BCUT2D eigenvalue weighted by Crippen LogP contribution is -2.35. The fourth-order valence-corrected chi connectivity index (χ4v) is 5.35. The number of carbonyl (C=O) groups is 1. The first-order valence-corrected chi connectivity index (χ1v) is 13.1. The standard InChI is InChI=1S/C30H30ClN3O3/c1-18-13-19(2)15-20(14-18)27-29(37-12-9-21-7-3-5-10-32-21)23-16-22(24(31)17-26(23)34-30(27)36)28(35)25-8-4-6-11-33-25/h4,6,8,11,13-17,21,32H,3,5,7,9-10,12H2,1-2H3,(H,34,36). The number of H-pyrrole nitrogens is 1. The number of halogens is 1. The Bertz CT molecular complexity index is 1490. The predicted octanol–water partition coefficient (Wildman–Crippen LogP) is 6.00. The molecule has 1 aliphatic heterocycles. The van der Waals surface area contributed by atoms with Gasteiger partial charge in [0, 0.05) is 23.2 Å². The second-order valence-corrected chi connectivity index (χ2v) is 10.1. The van der Waals surface area contributed by atoms with Gasteiger partial charge in [-0.2, -0.15) is 0 Å². The van der Waals surface area contributed by atoms with Crippen LogP contribution in [0.5, 0.6) is 5.75 Å². The Kier molecular flexibility index (Phi) is 7.40. The highest BCUT2D eigenvalue weighted by Gasteiger charge is 2.22. The normalized spacial score (nSPS) is 15.6. The van der Waals surface area contributed by atoms with Gasteiger partial charge in [0.2, 0.25) is 5.78 Å². The second kappa shape index (κ2) is 10.9. The Balaban J connectivity index is 1.65. The molecule has 6 nitrogen and oxygen atoms in total. The van der Waals surface area contributed by atoms with Gasteiger partial charge in [0.1, 0.15) is 11.4 Å². The van der Waals surface area contributed by atoms with Crippen molar-refractivity contribution in [1.29, 1.82) is 0 Å². The minimum atomic E-state index is -0.288. The Morgan fingerprint density at radius 3 is 2.62 bits per heavy atom. The lowest BCUT2D eigenvalue weighted by atomic mass is 9.97. The van der Waals surface area contributed by atoms with Crippen LogP contribution >= 0.6 is 11.6 Å². The number of rotatable bonds is 7. The number of benzene rings is 2. The van der Waals surface area contributed by atoms with E-state index in [1.165, 1.54) is 12.8 Å². The van der Waals surface area contributed by atoms with Gasteiger partial charge in [0.15, 0.2) is 0 Å². The number of hydrogen-bond acceptors (Lipinski definition) is 5. The minimum Gasteiger partial charge on any atom is -0.492 e. The molecule has 1 unspecified atom stereocenters. The van der Waals surface area contributed by atoms with Crippen LogP contribution in [0.15, 0.2) is 59.5 Å². The number of pyridine rings is 2. The van der Waals surface area contributed by atoms with Gasteiger partial charge in [0.05, 0.1) is 22.7 Å². The number of nitrogens with one attached hydrogen (secondary N) is 2. The van der Waals surface area contributed by atoms with E-state index in [2.05, 4.69) is 21.4 Å². The lowest BCUT2D eigenvalue weighted by molar-refractivity contribution is 0.103. The van der Waals surface area contributed by atoms with E-state index in [1.807, 2.05) is 26.0 Å². The van der Waals surface area contributed by atoms with Crippen molar-refractivity contribution in [3.8, 4) is 16.9 Å². The molecule has 37 heavy (non-hydrogen) atoms. The van der Waals surface area contributed by atoms with Crippen molar-refractivity contribution in [1.82, 2.24) is 15.3 Å². The van der Waals surface area contributed by atoms with Gasteiger partial charge in [-0.1, -0.05) is 53.4 Å². The van der Waals surface area contributed by atoms with Crippen LogP contribution < -0.4 is 15.6 Å². The zero-order valence-electron chi connectivity index (χ0n) is 21.1. The topological polar surface area (TPSA) is 84.1 Å². The van der Waals surface area contributed by atoms with E-state index in [9.17, 15) is 9.59 Å². The van der Waals surface area contributed by atoms with Gasteiger partial charge < -0.3 is 15.0 Å². The summed E-state index contributed by atoms with van der Waals surface area (Å²) in [6.45, 7) is 5.47. The molecule has 0 aliphatic carbocycles. The highest BCUT2D eigenvalue weighted by molar-refractivity contribution is 6.35. The van der Waals surface area contributed by atoms with Crippen molar-refractivity contribution in [2.75, 3.05) is 13.2 Å². The summed E-state index contributed by atoms with van der Waals surface area (Å²) in [5.74, 6) is 0.176. The Labute approximate surface area is 221 Å². The summed E-state index contributed by atoms with van der Waals surface area (Å²) in [6, 6.07) is 14.9. The maximum Gasteiger partial charge on any atom is 0.260 e. The number of carbonyl (C=O) groups excluding carboxylic acids is 1. The first kappa shape index (κ1) is 25.2. The number of aryl methyl sites for hydroxylation is 2. The zero-order chi connectivity index (χ0) is 25.9. The number of piperidine rings is 1. The molecule has 1 atom stereocenters. The van der Waals surface area contributed by atoms with Crippen LogP contribution in [0, 0.1) is 13.8 Å². The van der Waals surface area contributed by atoms with Crippen molar-refractivity contribution in [3.05, 3.63) is 92.5 Å². The van der Waals surface area contributed by atoms with E-state index in [4.69, 9.17) is 16.3 Å². The summed E-state index contributed by atoms with van der Waals surface area (Å²) in [7, 11) is 0. The molecule has 7 heteroatoms. The van der Waals surface area contributed by atoms with Crippen molar-refractivity contribution in [2.24, 2.45) is 0 Å². The highest BCUT2D eigenvalue weighted by Crippen LogP contribution is 2.37. The molecular weight excluding hydrogens is 486 g/mol. The Morgan fingerprint density at radius 2 is 1.92 bits per heavy atom. The quantitative estimate of drug-likeness (QED) is 0.295. The molecule has 190 valence electrons. The van der Waals surface area contributed by atoms with Gasteiger partial charge in [-0.15, -0.1) is 0 Å². The van der Waals surface area contributed by atoms with Crippen LogP contribution in [-0.4, -0.2) is 34.9 Å². The number of ether oxygens (including phenoxy) is 1. The number of hydrogen-bond donors (Lipinski definition) is 2. The monoisotopic (exact) mass is 515 g/mol. The maximum absolute atomic E-state index is 13.4. The summed E-state index contributed by atoms with van der Waals surface area (Å²) in [5.41, 5.74) is 4.20. The van der Waals surface area contributed by atoms with E-state index < -0.39 is 0 Å². The van der Waals surface area contributed by atoms with Crippen LogP contribution in [-0.2, 0) is 0 Å². The molecule has 0 saturated carbocycles. The lowest BCUT2D eigenvalue weighted by Gasteiger charge is -2.24. The number of aromatic amines is 1.